The van der Waals surface area contributed by atoms with Crippen molar-refractivity contribution in [2.24, 2.45) is 0 Å². The number of hydrogen-bond acceptors (Lipinski definition) is 9. The number of hydrogen-bond donors (Lipinski definition) is 2. The third-order valence-electron chi connectivity index (χ3n) is 5.13. The fraction of sp³-hybridized carbons (Fsp3) is 0.826. The number of amides is 3. The van der Waals surface area contributed by atoms with Gasteiger partial charge in [-0.1, -0.05) is 78.1 Å². The third-order valence-corrected chi connectivity index (χ3v) is 6.19. The molecular formula is C23H41N2NaO9S. The van der Waals surface area contributed by atoms with Gasteiger partial charge in [-0.3, -0.25) is 19.7 Å². The van der Waals surface area contributed by atoms with Crippen LogP contribution in [0.3, 0.4) is 0 Å². The van der Waals surface area contributed by atoms with E-state index in [-0.39, 0.29) is 55.2 Å². The number of unbranched alkanes of at least 4 members (excludes halogenated alkanes) is 10. The minimum atomic E-state index is -4.98. The van der Waals surface area contributed by atoms with Crippen LogP contribution in [-0.4, -0.2) is 61.9 Å². The van der Waals surface area contributed by atoms with Gasteiger partial charge in [-0.05, 0) is 12.8 Å². The van der Waals surface area contributed by atoms with Crippen molar-refractivity contribution >= 4 is 34.0 Å². The van der Waals surface area contributed by atoms with Crippen LogP contribution in [0.2, 0.25) is 0 Å². The van der Waals surface area contributed by atoms with Crippen molar-refractivity contribution < 1.29 is 71.2 Å². The number of urea groups is 1. The van der Waals surface area contributed by atoms with E-state index >= 15 is 0 Å². The molecule has 0 saturated carbocycles. The van der Waals surface area contributed by atoms with E-state index in [0.717, 1.165) is 57.8 Å². The molecule has 0 spiro atoms. The summed E-state index contributed by atoms with van der Waals surface area (Å²) in [6, 6.07) is -0.398. The number of imide groups is 1. The van der Waals surface area contributed by atoms with Crippen LogP contribution in [0.15, 0.2) is 0 Å². The zero-order chi connectivity index (χ0) is 26.5. The Bertz CT molecular complexity index is 734. The van der Waals surface area contributed by atoms with E-state index in [2.05, 4.69) is 19.2 Å². The van der Waals surface area contributed by atoms with E-state index in [1.54, 1.807) is 0 Å². The standard InChI is InChI=1S/C20H38O7S.C3H4N2O2.Na/c1-3-5-7-9-11-13-15-26-19(21)17-18(28(23,24)25)20(22)27-16-14-12-10-8-6-4-2;6-2-1-4-3(7)5-2;/h18H,3-17H2,1-2H3,(H,23,24,25);1H2,(H2,4,5,6,7);/q;;+1/p-1. The van der Waals surface area contributed by atoms with Crippen LogP contribution in [-0.2, 0) is 34.0 Å². The summed E-state index contributed by atoms with van der Waals surface area (Å²) in [5.74, 6) is -2.29. The first-order valence-electron chi connectivity index (χ1n) is 12.5. The SMILES string of the molecule is CCCCCCCCOC(=O)CC(C(=O)OCCCCCCCC)S(=O)(=O)[O-].O=C1CNC(=O)N1.[Na+]. The van der Waals surface area contributed by atoms with Gasteiger partial charge in [0.05, 0.1) is 26.2 Å². The van der Waals surface area contributed by atoms with Gasteiger partial charge < -0.3 is 19.3 Å². The van der Waals surface area contributed by atoms with Crippen LogP contribution >= 0.6 is 0 Å². The summed E-state index contributed by atoms with van der Waals surface area (Å²) >= 11 is 0. The second-order valence-corrected chi connectivity index (χ2v) is 9.89. The minimum absolute atomic E-state index is 0. The molecule has 1 unspecified atom stereocenters. The van der Waals surface area contributed by atoms with Gasteiger partial charge in [0.25, 0.3) is 0 Å². The first-order valence-corrected chi connectivity index (χ1v) is 13.9. The molecule has 204 valence electrons. The van der Waals surface area contributed by atoms with E-state index in [1.807, 2.05) is 5.32 Å². The Kier molecular flexibility index (Phi) is 23.5. The van der Waals surface area contributed by atoms with Crippen molar-refractivity contribution in [3.05, 3.63) is 0 Å². The fourth-order valence-corrected chi connectivity index (χ4v) is 3.75. The average Bonchev–Trinajstić information content (AvgIpc) is 3.18. The van der Waals surface area contributed by atoms with Crippen molar-refractivity contribution in [2.45, 2.75) is 103 Å². The van der Waals surface area contributed by atoms with Gasteiger partial charge in [0, 0.05) is 0 Å². The molecule has 0 aromatic heterocycles. The summed E-state index contributed by atoms with van der Waals surface area (Å²) in [5.41, 5.74) is 0. The van der Waals surface area contributed by atoms with Crippen molar-refractivity contribution in [1.29, 1.82) is 0 Å². The molecule has 1 aliphatic heterocycles. The molecule has 1 atom stereocenters. The molecule has 11 nitrogen and oxygen atoms in total. The third kappa shape index (κ3) is 20.9. The van der Waals surface area contributed by atoms with Gasteiger partial charge in [0.1, 0.15) is 10.1 Å². The maximum atomic E-state index is 11.9. The van der Waals surface area contributed by atoms with Crippen LogP contribution in [0.25, 0.3) is 0 Å². The van der Waals surface area contributed by atoms with E-state index in [4.69, 9.17) is 9.47 Å². The van der Waals surface area contributed by atoms with Crippen LogP contribution in [0.4, 0.5) is 4.79 Å². The van der Waals surface area contributed by atoms with Crippen LogP contribution in [0.5, 0.6) is 0 Å². The predicted molar refractivity (Wildman–Crippen MR) is 128 cm³/mol. The molecular weight excluding hydrogens is 503 g/mol. The predicted octanol–water partition coefficient (Wildman–Crippen LogP) is -0.0725. The van der Waals surface area contributed by atoms with Crippen LogP contribution in [0.1, 0.15) is 97.3 Å². The zero-order valence-corrected chi connectivity index (χ0v) is 24.8. The number of esters is 2. The molecule has 1 heterocycles. The molecule has 0 aliphatic carbocycles. The first kappa shape index (κ1) is 36.9. The maximum Gasteiger partial charge on any atom is 1.00 e. The molecule has 1 aliphatic rings. The van der Waals surface area contributed by atoms with Gasteiger partial charge in [-0.2, -0.15) is 0 Å². The van der Waals surface area contributed by atoms with Crippen LogP contribution in [0, 0.1) is 0 Å². The van der Waals surface area contributed by atoms with Gasteiger partial charge in [0.15, 0.2) is 5.25 Å². The molecule has 36 heavy (non-hydrogen) atoms. The Balaban J connectivity index is 0. The molecule has 0 radical (unpaired) electrons. The fourth-order valence-electron chi connectivity index (χ4n) is 3.11. The quantitative estimate of drug-likeness (QED) is 0.0789. The van der Waals surface area contributed by atoms with E-state index in [0.29, 0.717) is 12.8 Å². The monoisotopic (exact) mass is 544 g/mol. The van der Waals surface area contributed by atoms with E-state index < -0.39 is 39.8 Å². The van der Waals surface area contributed by atoms with Crippen LogP contribution < -0.4 is 40.2 Å². The number of rotatable bonds is 18. The maximum absolute atomic E-state index is 11.9. The second-order valence-electron chi connectivity index (χ2n) is 8.34. The van der Waals surface area contributed by atoms with Gasteiger partial charge in [-0.25, -0.2) is 13.2 Å². The Morgan fingerprint density at radius 3 is 1.72 bits per heavy atom. The minimum Gasteiger partial charge on any atom is -0.747 e. The molecule has 3 amide bonds. The Labute approximate surface area is 237 Å². The van der Waals surface area contributed by atoms with Gasteiger partial charge in [0.2, 0.25) is 5.91 Å². The van der Waals surface area contributed by atoms with E-state index in [9.17, 15) is 32.1 Å². The molecule has 1 fully saturated rings. The summed E-state index contributed by atoms with van der Waals surface area (Å²) in [6.07, 6.45) is 11.2. The second kappa shape index (κ2) is 22.9. The number of carbonyl (C=O) groups is 4. The largest absolute Gasteiger partial charge is 1.00 e. The Hall–Kier alpha value is -1.21. The smallest absolute Gasteiger partial charge is 0.747 e. The van der Waals surface area contributed by atoms with Crippen molar-refractivity contribution in [3.8, 4) is 0 Å². The summed E-state index contributed by atoms with van der Waals surface area (Å²) < 4.78 is 43.8. The molecule has 0 aromatic carbocycles. The average molecular weight is 545 g/mol. The summed E-state index contributed by atoms with van der Waals surface area (Å²) in [5, 5.41) is 2.26. The van der Waals surface area contributed by atoms with E-state index in [1.165, 1.54) is 6.42 Å². The molecule has 0 aromatic rings. The van der Waals surface area contributed by atoms with Crippen molar-refractivity contribution in [1.82, 2.24) is 10.6 Å². The first-order chi connectivity index (χ1) is 16.6. The van der Waals surface area contributed by atoms with Crippen molar-refractivity contribution in [3.63, 3.8) is 0 Å². The molecule has 1 rings (SSSR count). The normalized spacial score (nSPS) is 13.4. The number of carbonyl (C=O) groups excluding carboxylic acids is 4. The Morgan fingerprint density at radius 2 is 1.33 bits per heavy atom. The summed E-state index contributed by atoms with van der Waals surface area (Å²) in [6.45, 7) is 4.57. The molecule has 2 N–H and O–H groups in total. The molecule has 1 saturated heterocycles. The molecule has 0 bridgehead atoms. The molecule has 13 heteroatoms. The topological polar surface area (TPSA) is 168 Å². The number of ether oxygens (including phenoxy) is 2. The van der Waals surface area contributed by atoms with Crippen molar-refractivity contribution in [2.75, 3.05) is 19.8 Å². The number of nitrogens with one attached hydrogen (secondary N) is 2. The summed E-state index contributed by atoms with van der Waals surface area (Å²) in [4.78, 5) is 43.8. The summed E-state index contributed by atoms with van der Waals surface area (Å²) in [7, 11) is -4.98. The zero-order valence-electron chi connectivity index (χ0n) is 22.0. The van der Waals surface area contributed by atoms with Gasteiger partial charge >= 0.3 is 47.5 Å². The van der Waals surface area contributed by atoms with Gasteiger partial charge in [-0.15, -0.1) is 0 Å². The Morgan fingerprint density at radius 1 is 0.861 bits per heavy atom.